The van der Waals surface area contributed by atoms with E-state index in [1.165, 1.54) is 30.6 Å². The zero-order valence-corrected chi connectivity index (χ0v) is 14.2. The molecule has 0 saturated heterocycles. The Bertz CT molecular complexity index is 868. The summed E-state index contributed by atoms with van der Waals surface area (Å²) in [6.45, 7) is 0.936. The monoisotopic (exact) mass is 337 g/mol. The van der Waals surface area contributed by atoms with Gasteiger partial charge in [0.15, 0.2) is 11.5 Å². The zero-order chi connectivity index (χ0) is 16.0. The average molecular weight is 337 g/mol. The van der Waals surface area contributed by atoms with Crippen LogP contribution < -0.4 is 5.32 Å². The van der Waals surface area contributed by atoms with Crippen molar-refractivity contribution in [3.05, 3.63) is 48.3 Å². The number of anilines is 1. The number of hydrogen-bond donors (Lipinski definition) is 1. The van der Waals surface area contributed by atoms with Crippen LogP contribution >= 0.6 is 11.8 Å². The van der Waals surface area contributed by atoms with Gasteiger partial charge in [0.05, 0.1) is 0 Å². The summed E-state index contributed by atoms with van der Waals surface area (Å²) < 4.78 is 2.22. The van der Waals surface area contributed by atoms with Crippen molar-refractivity contribution in [1.82, 2.24) is 19.8 Å². The van der Waals surface area contributed by atoms with Gasteiger partial charge < -0.3 is 5.32 Å². The molecule has 2 saturated carbocycles. The Hall–Kier alpha value is -2.08. The molecule has 2 fully saturated rings. The van der Waals surface area contributed by atoms with Crippen LogP contribution in [0, 0.1) is 0 Å². The van der Waals surface area contributed by atoms with Crippen LogP contribution in [0.15, 0.2) is 47.4 Å². The number of thioether (sulfide) groups is 1. The van der Waals surface area contributed by atoms with Crippen LogP contribution in [-0.4, -0.2) is 31.1 Å². The fourth-order valence-electron chi connectivity index (χ4n) is 2.94. The molecule has 122 valence electrons. The first kappa shape index (κ1) is 14.3. The van der Waals surface area contributed by atoms with E-state index in [0.717, 1.165) is 23.8 Å². The Morgan fingerprint density at radius 3 is 2.67 bits per heavy atom. The predicted octanol–water partition coefficient (Wildman–Crippen LogP) is 3.74. The van der Waals surface area contributed by atoms with E-state index in [-0.39, 0.29) is 0 Å². The van der Waals surface area contributed by atoms with Gasteiger partial charge >= 0.3 is 0 Å². The Kier molecular flexibility index (Phi) is 3.26. The van der Waals surface area contributed by atoms with Crippen molar-refractivity contribution >= 4 is 23.2 Å². The van der Waals surface area contributed by atoms with Crippen molar-refractivity contribution in [3.8, 4) is 0 Å². The molecule has 1 N–H and O–H groups in total. The molecule has 2 aromatic heterocycles. The van der Waals surface area contributed by atoms with E-state index in [4.69, 9.17) is 5.10 Å². The Labute approximate surface area is 144 Å². The normalized spacial score (nSPS) is 18.7. The van der Waals surface area contributed by atoms with Crippen molar-refractivity contribution in [2.45, 2.75) is 41.2 Å². The minimum atomic E-state index is 0.310. The molecule has 0 bridgehead atoms. The number of rotatable bonds is 6. The third-order valence-electron chi connectivity index (χ3n) is 4.71. The molecule has 3 aromatic rings. The number of benzene rings is 1. The molecule has 0 atom stereocenters. The predicted molar refractivity (Wildman–Crippen MR) is 95.5 cm³/mol. The van der Waals surface area contributed by atoms with Gasteiger partial charge in [0.2, 0.25) is 0 Å². The quantitative estimate of drug-likeness (QED) is 0.742. The second kappa shape index (κ2) is 5.48. The third kappa shape index (κ3) is 2.75. The second-order valence-corrected chi connectivity index (χ2v) is 8.31. The number of nitrogens with one attached hydrogen (secondary N) is 1. The Morgan fingerprint density at radius 2 is 1.92 bits per heavy atom. The number of fused-ring (bicyclic) bond motifs is 1. The highest BCUT2D eigenvalue weighted by atomic mass is 32.2. The second-order valence-electron chi connectivity index (χ2n) is 6.77. The van der Waals surface area contributed by atoms with Gasteiger partial charge in [-0.2, -0.15) is 4.52 Å². The highest BCUT2D eigenvalue weighted by Crippen LogP contribution is 2.51. The summed E-state index contributed by atoms with van der Waals surface area (Å²) in [7, 11) is 0. The van der Waals surface area contributed by atoms with Crippen LogP contribution in [0.1, 0.15) is 37.4 Å². The van der Waals surface area contributed by atoms with E-state index in [9.17, 15) is 0 Å². The van der Waals surface area contributed by atoms with Gasteiger partial charge in [0.25, 0.3) is 0 Å². The van der Waals surface area contributed by atoms with E-state index in [0.29, 0.717) is 10.7 Å². The molecule has 5 nitrogen and oxygen atoms in total. The van der Waals surface area contributed by atoms with Gasteiger partial charge in [0, 0.05) is 22.1 Å². The van der Waals surface area contributed by atoms with E-state index in [1.807, 2.05) is 28.4 Å². The first-order chi connectivity index (χ1) is 11.8. The van der Waals surface area contributed by atoms with E-state index >= 15 is 0 Å². The minimum absolute atomic E-state index is 0.310. The van der Waals surface area contributed by atoms with Crippen LogP contribution in [0.2, 0.25) is 0 Å². The minimum Gasteiger partial charge on any atom is -0.367 e. The molecule has 24 heavy (non-hydrogen) atoms. The van der Waals surface area contributed by atoms with Gasteiger partial charge in [-0.05, 0) is 49.9 Å². The summed E-state index contributed by atoms with van der Waals surface area (Å²) in [6.07, 6.45) is 4.91. The van der Waals surface area contributed by atoms with Crippen LogP contribution in [-0.2, 0) is 0 Å². The lowest BCUT2D eigenvalue weighted by molar-refractivity contribution is 0.810. The topological polar surface area (TPSA) is 55.1 Å². The summed E-state index contributed by atoms with van der Waals surface area (Å²) in [4.78, 5) is 1.34. The fraction of sp³-hybridized carbons (Fsp3) is 0.389. The van der Waals surface area contributed by atoms with Crippen molar-refractivity contribution in [2.75, 3.05) is 11.9 Å². The summed E-state index contributed by atoms with van der Waals surface area (Å²) in [6, 6.07) is 14.7. The van der Waals surface area contributed by atoms with Gasteiger partial charge in [0.1, 0.15) is 5.82 Å². The molecule has 6 heteroatoms. The lowest BCUT2D eigenvalue weighted by Gasteiger charge is -2.16. The molecular formula is C18H19N5S. The third-order valence-corrected chi connectivity index (χ3v) is 6.20. The Balaban J connectivity index is 1.31. The highest BCUT2D eigenvalue weighted by Gasteiger charge is 2.43. The number of nitrogens with zero attached hydrogens (tertiary/aromatic N) is 4. The SMILES string of the molecule is c1ccc(SC2(CNc3ccc4nnc(C5CC5)n4n3)CC2)cc1. The van der Waals surface area contributed by atoms with Crippen molar-refractivity contribution in [2.24, 2.45) is 0 Å². The summed E-state index contributed by atoms with van der Waals surface area (Å²) >= 11 is 1.98. The lowest BCUT2D eigenvalue weighted by Crippen LogP contribution is -2.19. The van der Waals surface area contributed by atoms with Crippen LogP contribution in [0.25, 0.3) is 5.65 Å². The molecule has 0 spiro atoms. The maximum Gasteiger partial charge on any atom is 0.178 e. The van der Waals surface area contributed by atoms with Crippen LogP contribution in [0.4, 0.5) is 5.82 Å². The molecule has 0 aliphatic heterocycles. The van der Waals surface area contributed by atoms with Gasteiger partial charge in [-0.15, -0.1) is 27.1 Å². The molecule has 0 unspecified atom stereocenters. The molecule has 2 heterocycles. The summed E-state index contributed by atoms with van der Waals surface area (Å²) in [5.41, 5.74) is 0.835. The van der Waals surface area contributed by atoms with E-state index < -0.39 is 0 Å². The average Bonchev–Trinajstić information content (AvgIpc) is 3.54. The standard InChI is InChI=1S/C18H19N5S/c1-2-4-14(5-3-1)24-18(10-11-18)12-19-15-8-9-16-20-21-17(13-6-7-13)23(16)22-15/h1-5,8-9,13H,6-7,10-12H2,(H,19,22). The molecule has 2 aliphatic rings. The fourth-order valence-corrected chi connectivity index (χ4v) is 4.18. The van der Waals surface area contributed by atoms with Crippen molar-refractivity contribution in [1.29, 1.82) is 0 Å². The smallest absolute Gasteiger partial charge is 0.178 e. The maximum atomic E-state index is 4.71. The van der Waals surface area contributed by atoms with Crippen molar-refractivity contribution in [3.63, 3.8) is 0 Å². The number of aromatic nitrogens is 4. The van der Waals surface area contributed by atoms with Crippen LogP contribution in [0.3, 0.4) is 0 Å². The molecule has 0 radical (unpaired) electrons. The van der Waals surface area contributed by atoms with E-state index in [2.05, 4.69) is 45.8 Å². The first-order valence-electron chi connectivity index (χ1n) is 8.52. The largest absolute Gasteiger partial charge is 0.367 e. The van der Waals surface area contributed by atoms with Crippen LogP contribution in [0.5, 0.6) is 0 Å². The summed E-state index contributed by atoms with van der Waals surface area (Å²) in [5, 5.41) is 16.7. The molecule has 2 aliphatic carbocycles. The van der Waals surface area contributed by atoms with Gasteiger partial charge in [-0.3, -0.25) is 0 Å². The zero-order valence-electron chi connectivity index (χ0n) is 13.4. The van der Waals surface area contributed by atoms with Crippen molar-refractivity contribution < 1.29 is 0 Å². The molecule has 5 rings (SSSR count). The first-order valence-corrected chi connectivity index (χ1v) is 9.33. The van der Waals surface area contributed by atoms with Gasteiger partial charge in [-0.25, -0.2) is 0 Å². The van der Waals surface area contributed by atoms with E-state index in [1.54, 1.807) is 0 Å². The molecular weight excluding hydrogens is 318 g/mol. The number of hydrogen-bond acceptors (Lipinski definition) is 5. The molecule has 0 amide bonds. The Morgan fingerprint density at radius 1 is 1.08 bits per heavy atom. The highest BCUT2D eigenvalue weighted by molar-refractivity contribution is 8.01. The maximum absolute atomic E-state index is 4.71. The summed E-state index contributed by atoms with van der Waals surface area (Å²) in [5.74, 6) is 2.46. The molecule has 1 aromatic carbocycles. The van der Waals surface area contributed by atoms with Gasteiger partial charge in [-0.1, -0.05) is 18.2 Å². The lowest BCUT2D eigenvalue weighted by atomic mass is 10.4.